The molecule has 3 heteroatoms. The molecule has 0 bridgehead atoms. The minimum absolute atomic E-state index is 0. The molecule has 0 amide bonds. The molecule has 1 N–H and O–H groups in total. The van der Waals surface area contributed by atoms with Crippen LogP contribution in [-0.2, 0) is 0 Å². The minimum atomic E-state index is -0.446. The van der Waals surface area contributed by atoms with Gasteiger partial charge in [0.2, 0.25) is 0 Å². The second-order valence-corrected chi connectivity index (χ2v) is 6.56. The van der Waals surface area contributed by atoms with E-state index in [2.05, 4.69) is 91.0 Å². The Balaban J connectivity index is 0.00000110. The molecule has 0 saturated heterocycles. The molecule has 3 aromatic rings. The molecule has 0 aliphatic heterocycles. The second-order valence-electron chi connectivity index (χ2n) is 4.34. The van der Waals surface area contributed by atoms with Crippen molar-refractivity contribution in [3.8, 4) is 0 Å². The van der Waals surface area contributed by atoms with E-state index in [0.29, 0.717) is 0 Å². The maximum atomic E-state index is 2.23. The molecule has 0 unspecified atom stereocenters. The number of rotatable bonds is 3. The topological polar surface area (TPSA) is 30.0 Å². The van der Waals surface area contributed by atoms with Crippen LogP contribution in [0.25, 0.3) is 0 Å². The first kappa shape index (κ1) is 18.7. The van der Waals surface area contributed by atoms with Gasteiger partial charge in [-0.1, -0.05) is 91.0 Å². The van der Waals surface area contributed by atoms with Crippen molar-refractivity contribution in [1.82, 2.24) is 0 Å². The van der Waals surface area contributed by atoms with Gasteiger partial charge in [0.15, 0.2) is 0 Å². The molecule has 0 radical (unpaired) electrons. The molecule has 21 heavy (non-hydrogen) atoms. The van der Waals surface area contributed by atoms with Crippen LogP contribution in [0, 0.1) is 0 Å². The number of hydrogen-bond acceptors (Lipinski definition) is 1. The van der Waals surface area contributed by atoms with Crippen LogP contribution >= 0.6 is 7.92 Å². The van der Waals surface area contributed by atoms with Crippen LogP contribution in [-0.4, -0.2) is 5.48 Å². The van der Waals surface area contributed by atoms with Crippen LogP contribution in [0.4, 0.5) is 0 Å². The van der Waals surface area contributed by atoms with Gasteiger partial charge < -0.3 is 5.48 Å². The van der Waals surface area contributed by atoms with Crippen molar-refractivity contribution in [3.05, 3.63) is 91.0 Å². The van der Waals surface area contributed by atoms with E-state index in [1.807, 2.05) is 0 Å². The van der Waals surface area contributed by atoms with Crippen LogP contribution in [0.5, 0.6) is 0 Å². The summed E-state index contributed by atoms with van der Waals surface area (Å²) in [5.41, 5.74) is 0. The van der Waals surface area contributed by atoms with Gasteiger partial charge in [-0.2, -0.15) is 0 Å². The summed E-state index contributed by atoms with van der Waals surface area (Å²) in [6.07, 6.45) is 0. The zero-order chi connectivity index (χ0) is 12.9. The molecule has 0 aliphatic rings. The summed E-state index contributed by atoms with van der Waals surface area (Å²) in [7, 11) is -0.446. The number of hydrogen-bond donors (Lipinski definition) is 0. The summed E-state index contributed by atoms with van der Waals surface area (Å²) in [5.74, 6) is 0. The van der Waals surface area contributed by atoms with Gasteiger partial charge in [-0.25, -0.2) is 0 Å². The van der Waals surface area contributed by atoms with E-state index in [-0.39, 0.29) is 56.9 Å². The van der Waals surface area contributed by atoms with Crippen molar-refractivity contribution in [3.63, 3.8) is 0 Å². The molecule has 0 fully saturated rings. The van der Waals surface area contributed by atoms with E-state index in [1.54, 1.807) is 0 Å². The monoisotopic (exact) mass is 318 g/mol. The molecule has 0 heterocycles. The zero-order valence-corrected chi connectivity index (χ0v) is 16.1. The average molecular weight is 318 g/mol. The van der Waals surface area contributed by atoms with Crippen molar-refractivity contribution in [1.29, 1.82) is 0 Å². The molecule has 0 aliphatic carbocycles. The van der Waals surface area contributed by atoms with E-state index >= 15 is 0 Å². The smallest absolute Gasteiger partial charge is 0.870 e. The minimum Gasteiger partial charge on any atom is -0.870 e. The predicted molar refractivity (Wildman–Crippen MR) is 87.1 cm³/mol. The van der Waals surface area contributed by atoms with Gasteiger partial charge in [0.1, 0.15) is 0 Å². The largest absolute Gasteiger partial charge is 1.00 e. The van der Waals surface area contributed by atoms with Gasteiger partial charge in [-0.15, -0.1) is 0 Å². The maximum absolute atomic E-state index is 2.23. The van der Waals surface area contributed by atoms with Gasteiger partial charge in [-0.3, -0.25) is 0 Å². The first-order chi connectivity index (χ1) is 9.45. The van der Waals surface area contributed by atoms with Gasteiger partial charge in [0.05, 0.1) is 0 Å². The Hall–Kier alpha value is -0.314. The SMILES string of the molecule is [K+].[OH-].c1ccc(P(c2ccccc2)c2ccccc2)cc1. The molecule has 3 aromatic carbocycles. The summed E-state index contributed by atoms with van der Waals surface area (Å²) in [5, 5.41) is 4.19. The Bertz CT molecular complexity index is 535. The predicted octanol–water partition coefficient (Wildman–Crippen LogP) is 0.272. The van der Waals surface area contributed by atoms with Gasteiger partial charge >= 0.3 is 51.4 Å². The Labute approximate surface area is 169 Å². The molecule has 0 spiro atoms. The Morgan fingerprint density at radius 1 is 0.429 bits per heavy atom. The summed E-state index contributed by atoms with van der Waals surface area (Å²) < 4.78 is 0. The quantitative estimate of drug-likeness (QED) is 0.504. The average Bonchev–Trinajstić information content (AvgIpc) is 2.51. The van der Waals surface area contributed by atoms with Crippen LogP contribution in [0.2, 0.25) is 0 Å². The zero-order valence-electron chi connectivity index (χ0n) is 12.1. The normalized spacial score (nSPS) is 9.57. The molecule has 0 saturated carbocycles. The van der Waals surface area contributed by atoms with Gasteiger partial charge in [-0.05, 0) is 23.8 Å². The summed E-state index contributed by atoms with van der Waals surface area (Å²) >= 11 is 0. The third-order valence-electron chi connectivity index (χ3n) is 3.04. The molecule has 3 rings (SSSR count). The Morgan fingerprint density at radius 3 is 0.905 bits per heavy atom. The summed E-state index contributed by atoms with van der Waals surface area (Å²) in [6, 6.07) is 32.3. The van der Waals surface area contributed by atoms with Crippen LogP contribution in [0.1, 0.15) is 0 Å². The summed E-state index contributed by atoms with van der Waals surface area (Å²) in [6.45, 7) is 0. The van der Waals surface area contributed by atoms with Crippen LogP contribution in [0.3, 0.4) is 0 Å². The summed E-state index contributed by atoms with van der Waals surface area (Å²) in [4.78, 5) is 0. The van der Waals surface area contributed by atoms with Crippen molar-refractivity contribution < 1.29 is 56.9 Å². The van der Waals surface area contributed by atoms with Crippen LogP contribution < -0.4 is 67.3 Å². The van der Waals surface area contributed by atoms with Crippen molar-refractivity contribution in [2.24, 2.45) is 0 Å². The Kier molecular flexibility index (Phi) is 8.61. The van der Waals surface area contributed by atoms with Gasteiger partial charge in [0.25, 0.3) is 0 Å². The molecule has 1 nitrogen and oxygen atoms in total. The van der Waals surface area contributed by atoms with E-state index < -0.39 is 7.92 Å². The second kappa shape index (κ2) is 9.65. The molecule has 100 valence electrons. The van der Waals surface area contributed by atoms with E-state index in [0.717, 1.165) is 0 Å². The first-order valence-electron chi connectivity index (χ1n) is 6.40. The van der Waals surface area contributed by atoms with Crippen molar-refractivity contribution >= 4 is 23.8 Å². The molecule has 0 atom stereocenters. The third kappa shape index (κ3) is 4.84. The molecular weight excluding hydrogens is 302 g/mol. The third-order valence-corrected chi connectivity index (χ3v) is 5.49. The van der Waals surface area contributed by atoms with Crippen molar-refractivity contribution in [2.75, 3.05) is 0 Å². The van der Waals surface area contributed by atoms with Gasteiger partial charge in [0, 0.05) is 0 Å². The van der Waals surface area contributed by atoms with Crippen molar-refractivity contribution in [2.45, 2.75) is 0 Å². The first-order valence-corrected chi connectivity index (χ1v) is 7.74. The van der Waals surface area contributed by atoms with E-state index in [9.17, 15) is 0 Å². The standard InChI is InChI=1S/C18H15P.K.H2O/c1-4-10-16(11-5-1)19(17-12-6-2-7-13-17)18-14-8-3-9-15-18;;/h1-15H;;1H2/q;+1;/p-1. The molecular formula is C18H16KOP. The van der Waals surface area contributed by atoms with E-state index in [1.165, 1.54) is 15.9 Å². The fourth-order valence-electron chi connectivity index (χ4n) is 2.18. The van der Waals surface area contributed by atoms with Crippen LogP contribution in [0.15, 0.2) is 91.0 Å². The fraction of sp³-hybridized carbons (Fsp3) is 0. The van der Waals surface area contributed by atoms with E-state index in [4.69, 9.17) is 0 Å². The Morgan fingerprint density at radius 2 is 0.667 bits per heavy atom. The maximum Gasteiger partial charge on any atom is 1.00 e. The molecule has 0 aromatic heterocycles. The fourth-order valence-corrected chi connectivity index (χ4v) is 4.48. The number of benzene rings is 3.